The predicted octanol–water partition coefficient (Wildman–Crippen LogP) is 3.82. The number of para-hydroxylation sites is 1. The molecule has 0 fully saturated rings. The van der Waals surface area contributed by atoms with Crippen LogP contribution < -0.4 is 10.1 Å². The van der Waals surface area contributed by atoms with E-state index < -0.39 is 23.3 Å². The average Bonchev–Trinajstić information content (AvgIpc) is 3.11. The molecule has 0 aliphatic heterocycles. The Hall–Kier alpha value is -3.15. The Kier molecular flexibility index (Phi) is 6.01. The van der Waals surface area contributed by atoms with E-state index in [1.807, 2.05) is 0 Å². The molecule has 0 spiro atoms. The van der Waals surface area contributed by atoms with Crippen LogP contribution in [0.1, 0.15) is 6.92 Å². The van der Waals surface area contributed by atoms with E-state index in [0.717, 1.165) is 23.9 Å². The Balaban J connectivity index is 1.70. The van der Waals surface area contributed by atoms with Gasteiger partial charge < -0.3 is 10.1 Å². The number of carbonyl (C=O) groups is 1. The molecular weight excluding hydrogens is 414 g/mol. The van der Waals surface area contributed by atoms with Crippen molar-refractivity contribution in [3.05, 3.63) is 54.3 Å². The van der Waals surface area contributed by atoms with Crippen LogP contribution >= 0.6 is 11.8 Å². The molecule has 1 N–H and O–H groups in total. The molecule has 29 heavy (non-hydrogen) atoms. The topological polar surface area (TPSA) is 81.9 Å². The van der Waals surface area contributed by atoms with Crippen LogP contribution in [-0.2, 0) is 4.79 Å². The largest absolute Gasteiger partial charge is 0.573 e. The summed E-state index contributed by atoms with van der Waals surface area (Å²) in [5, 5.41) is 13.1. The lowest BCUT2D eigenvalue weighted by Gasteiger charge is -2.12. The van der Waals surface area contributed by atoms with Crippen molar-refractivity contribution in [2.24, 2.45) is 0 Å². The normalized spacial score (nSPS) is 12.4. The zero-order valence-corrected chi connectivity index (χ0v) is 15.5. The van der Waals surface area contributed by atoms with Crippen molar-refractivity contribution < 1.29 is 27.1 Å². The number of ether oxygens (including phenoxy) is 1. The fourth-order valence-electron chi connectivity index (χ4n) is 2.21. The van der Waals surface area contributed by atoms with Gasteiger partial charge in [0.15, 0.2) is 0 Å². The zero-order valence-electron chi connectivity index (χ0n) is 14.7. The number of benzene rings is 2. The summed E-state index contributed by atoms with van der Waals surface area (Å²) in [4.78, 5) is 12.3. The standard InChI is InChI=1S/C17H13F4N5O2S/c1-10(15(27)22-14-5-3-2-4-13(14)18)29-16-23-24-25-26(16)11-6-8-12(9-7-11)28-17(19,20)21/h2-10H,1H3,(H,22,27). The van der Waals surface area contributed by atoms with Crippen LogP contribution in [0.2, 0.25) is 0 Å². The number of tetrazole rings is 1. The van der Waals surface area contributed by atoms with Crippen LogP contribution in [0, 0.1) is 5.82 Å². The van der Waals surface area contributed by atoms with Crippen molar-refractivity contribution in [3.8, 4) is 11.4 Å². The molecule has 0 saturated carbocycles. The summed E-state index contributed by atoms with van der Waals surface area (Å²) < 4.78 is 55.5. The van der Waals surface area contributed by atoms with Gasteiger partial charge in [-0.25, -0.2) is 4.39 Å². The lowest BCUT2D eigenvalue weighted by Crippen LogP contribution is -2.23. The van der Waals surface area contributed by atoms with Gasteiger partial charge in [0, 0.05) is 0 Å². The number of amides is 1. The molecular formula is C17H13F4N5O2S. The maximum atomic E-state index is 13.7. The molecule has 0 aliphatic rings. The van der Waals surface area contributed by atoms with Crippen LogP contribution in [0.15, 0.2) is 53.7 Å². The third-order valence-electron chi connectivity index (χ3n) is 3.54. The maximum Gasteiger partial charge on any atom is 0.573 e. The summed E-state index contributed by atoms with van der Waals surface area (Å²) in [6.45, 7) is 1.58. The number of hydrogen-bond donors (Lipinski definition) is 1. The first-order valence-electron chi connectivity index (χ1n) is 8.09. The molecule has 0 radical (unpaired) electrons. The molecule has 0 bridgehead atoms. The molecule has 2 aromatic carbocycles. The van der Waals surface area contributed by atoms with E-state index in [4.69, 9.17) is 0 Å². The third kappa shape index (κ3) is 5.44. The monoisotopic (exact) mass is 427 g/mol. The highest BCUT2D eigenvalue weighted by Crippen LogP contribution is 2.27. The Bertz CT molecular complexity index is 994. The first-order chi connectivity index (χ1) is 13.7. The smallest absolute Gasteiger partial charge is 0.406 e. The summed E-state index contributed by atoms with van der Waals surface area (Å²) in [5.41, 5.74) is 0.415. The van der Waals surface area contributed by atoms with Crippen molar-refractivity contribution >= 4 is 23.4 Å². The van der Waals surface area contributed by atoms with Crippen molar-refractivity contribution in [3.63, 3.8) is 0 Å². The second-order valence-electron chi connectivity index (χ2n) is 5.64. The summed E-state index contributed by atoms with van der Waals surface area (Å²) >= 11 is 1.00. The highest BCUT2D eigenvalue weighted by Gasteiger charge is 2.31. The van der Waals surface area contributed by atoms with Crippen molar-refractivity contribution in [1.82, 2.24) is 20.2 Å². The van der Waals surface area contributed by atoms with Gasteiger partial charge in [-0.3, -0.25) is 4.79 Å². The quantitative estimate of drug-likeness (QED) is 0.476. The lowest BCUT2D eigenvalue weighted by atomic mass is 10.3. The number of nitrogens with one attached hydrogen (secondary N) is 1. The number of halogens is 4. The number of alkyl halides is 3. The Morgan fingerprint density at radius 3 is 2.52 bits per heavy atom. The van der Waals surface area contributed by atoms with E-state index in [1.54, 1.807) is 13.0 Å². The minimum atomic E-state index is -4.79. The molecule has 1 unspecified atom stereocenters. The molecule has 7 nitrogen and oxygen atoms in total. The second-order valence-corrected chi connectivity index (χ2v) is 6.95. The number of hydrogen-bond acceptors (Lipinski definition) is 6. The van der Waals surface area contributed by atoms with Gasteiger partial charge in [0.2, 0.25) is 11.1 Å². The van der Waals surface area contributed by atoms with Gasteiger partial charge in [0.1, 0.15) is 11.6 Å². The average molecular weight is 427 g/mol. The lowest BCUT2D eigenvalue weighted by molar-refractivity contribution is -0.274. The predicted molar refractivity (Wildman–Crippen MR) is 96.2 cm³/mol. The van der Waals surface area contributed by atoms with Crippen molar-refractivity contribution in [2.45, 2.75) is 23.7 Å². The Morgan fingerprint density at radius 1 is 1.17 bits per heavy atom. The van der Waals surface area contributed by atoms with Gasteiger partial charge in [-0.2, -0.15) is 4.68 Å². The minimum absolute atomic E-state index is 0.0461. The van der Waals surface area contributed by atoms with E-state index >= 15 is 0 Å². The molecule has 1 aromatic heterocycles. The second kappa shape index (κ2) is 8.47. The summed E-state index contributed by atoms with van der Waals surface area (Å²) in [6, 6.07) is 10.7. The first-order valence-corrected chi connectivity index (χ1v) is 8.97. The molecule has 1 atom stereocenters. The third-order valence-corrected chi connectivity index (χ3v) is 4.57. The number of nitrogens with zero attached hydrogens (tertiary/aromatic N) is 4. The first kappa shape index (κ1) is 20.6. The van der Waals surface area contributed by atoms with E-state index in [2.05, 4.69) is 25.6 Å². The summed E-state index contributed by atoms with van der Waals surface area (Å²) in [5.74, 6) is -1.42. The summed E-state index contributed by atoms with van der Waals surface area (Å²) in [6.07, 6.45) is -4.79. The number of thioether (sulfide) groups is 1. The van der Waals surface area contributed by atoms with Crippen LogP contribution in [0.3, 0.4) is 0 Å². The molecule has 0 saturated heterocycles. The van der Waals surface area contributed by atoms with Gasteiger partial charge in [0.05, 0.1) is 16.6 Å². The molecule has 0 aliphatic carbocycles. The Labute approximate surface area is 166 Å². The highest BCUT2D eigenvalue weighted by molar-refractivity contribution is 8.00. The number of anilines is 1. The Morgan fingerprint density at radius 2 is 1.86 bits per heavy atom. The van der Waals surface area contributed by atoms with Crippen LogP contribution in [0.5, 0.6) is 5.75 Å². The molecule has 1 heterocycles. The zero-order chi connectivity index (χ0) is 21.0. The SMILES string of the molecule is CC(Sc1nnnn1-c1ccc(OC(F)(F)F)cc1)C(=O)Nc1ccccc1F. The molecule has 3 aromatic rings. The summed E-state index contributed by atoms with van der Waals surface area (Å²) in [7, 11) is 0. The fraction of sp³-hybridized carbons (Fsp3) is 0.176. The maximum absolute atomic E-state index is 13.7. The van der Waals surface area contributed by atoms with Crippen molar-refractivity contribution in [1.29, 1.82) is 0 Å². The van der Waals surface area contributed by atoms with E-state index in [1.165, 1.54) is 35.0 Å². The van der Waals surface area contributed by atoms with Crippen LogP contribution in [0.4, 0.5) is 23.2 Å². The van der Waals surface area contributed by atoms with Crippen LogP contribution in [-0.4, -0.2) is 37.7 Å². The van der Waals surface area contributed by atoms with Crippen LogP contribution in [0.25, 0.3) is 5.69 Å². The number of carbonyl (C=O) groups excluding carboxylic acids is 1. The highest BCUT2D eigenvalue weighted by atomic mass is 32.2. The molecule has 12 heteroatoms. The molecule has 3 rings (SSSR count). The van der Waals surface area contributed by atoms with Gasteiger partial charge >= 0.3 is 6.36 Å². The minimum Gasteiger partial charge on any atom is -0.406 e. The van der Waals surface area contributed by atoms with Gasteiger partial charge in [-0.15, -0.1) is 18.3 Å². The molecule has 1 amide bonds. The fourth-order valence-corrected chi connectivity index (χ4v) is 3.02. The van der Waals surface area contributed by atoms with Gasteiger partial charge in [0.25, 0.3) is 0 Å². The van der Waals surface area contributed by atoms with Gasteiger partial charge in [-0.1, -0.05) is 23.9 Å². The molecule has 152 valence electrons. The van der Waals surface area contributed by atoms with Crippen molar-refractivity contribution in [2.75, 3.05) is 5.32 Å². The van der Waals surface area contributed by atoms with E-state index in [0.29, 0.717) is 5.69 Å². The number of rotatable bonds is 6. The van der Waals surface area contributed by atoms with E-state index in [-0.39, 0.29) is 16.6 Å². The van der Waals surface area contributed by atoms with Gasteiger partial charge in [-0.05, 0) is 53.7 Å². The number of aromatic nitrogens is 4. The van der Waals surface area contributed by atoms with E-state index in [9.17, 15) is 22.4 Å².